The van der Waals surface area contributed by atoms with Gasteiger partial charge in [0.1, 0.15) is 0 Å². The van der Waals surface area contributed by atoms with Gasteiger partial charge in [0.25, 0.3) is 0 Å². The molecule has 0 amide bonds. The Morgan fingerprint density at radius 2 is 0.702 bits per heavy atom. The van der Waals surface area contributed by atoms with Crippen molar-refractivity contribution >= 4 is 85.4 Å². The third-order valence-electron chi connectivity index (χ3n) is 12.0. The molecular formula is C56H34S. The van der Waals surface area contributed by atoms with Crippen LogP contribution in [0.2, 0.25) is 0 Å². The Balaban J connectivity index is 1.10. The third kappa shape index (κ3) is 4.93. The molecule has 0 spiro atoms. The van der Waals surface area contributed by atoms with Crippen LogP contribution in [0.3, 0.4) is 0 Å². The van der Waals surface area contributed by atoms with E-state index in [1.165, 1.54) is 119 Å². The summed E-state index contributed by atoms with van der Waals surface area (Å²) in [5.74, 6) is 0. The standard InChI is InChI=1S/C56H34S/c1-2-16-36(17-3-1)52-44-23-10-12-25-46(44)55(47-26-13-11-24-45(47)52)49-27-14-28-50-56(49)48-32-31-39(34-51(48)57-50)54-42-21-8-6-19-40(42)53(41-20-7-9-22-43(41)54)38-30-29-35-15-4-5-18-37(35)33-38/h1-34H. The van der Waals surface area contributed by atoms with Crippen molar-refractivity contribution < 1.29 is 0 Å². The first-order valence-electron chi connectivity index (χ1n) is 19.7. The maximum atomic E-state index is 2.45. The van der Waals surface area contributed by atoms with Gasteiger partial charge in [-0.3, -0.25) is 0 Å². The Hall–Kier alpha value is -7.06. The van der Waals surface area contributed by atoms with Gasteiger partial charge in [0.2, 0.25) is 0 Å². The fourth-order valence-corrected chi connectivity index (χ4v) is 10.8. The van der Waals surface area contributed by atoms with E-state index in [0.717, 1.165) is 0 Å². The van der Waals surface area contributed by atoms with Crippen molar-refractivity contribution in [2.45, 2.75) is 0 Å². The highest BCUT2D eigenvalue weighted by atomic mass is 32.1. The van der Waals surface area contributed by atoms with Crippen molar-refractivity contribution in [2.24, 2.45) is 0 Å². The summed E-state index contributed by atoms with van der Waals surface area (Å²) in [5, 5.41) is 15.4. The lowest BCUT2D eigenvalue weighted by Crippen LogP contribution is -1.91. The van der Waals surface area contributed by atoms with Crippen LogP contribution in [0.15, 0.2) is 206 Å². The highest BCUT2D eigenvalue weighted by Gasteiger charge is 2.21. The van der Waals surface area contributed by atoms with Crippen molar-refractivity contribution in [3.8, 4) is 44.5 Å². The van der Waals surface area contributed by atoms with E-state index in [0.29, 0.717) is 0 Å². The summed E-state index contributed by atoms with van der Waals surface area (Å²) in [6.07, 6.45) is 0. The average molecular weight is 739 g/mol. The number of hydrogen-bond donors (Lipinski definition) is 0. The molecule has 0 saturated heterocycles. The van der Waals surface area contributed by atoms with Gasteiger partial charge in [-0.05, 0) is 117 Å². The van der Waals surface area contributed by atoms with Crippen LogP contribution < -0.4 is 0 Å². The Kier molecular flexibility index (Phi) is 7.20. The van der Waals surface area contributed by atoms with E-state index in [-0.39, 0.29) is 0 Å². The molecule has 11 aromatic carbocycles. The second-order valence-electron chi connectivity index (χ2n) is 15.1. The number of fused-ring (bicyclic) bond motifs is 8. The van der Waals surface area contributed by atoms with Gasteiger partial charge in [0.15, 0.2) is 0 Å². The zero-order valence-electron chi connectivity index (χ0n) is 31.0. The highest BCUT2D eigenvalue weighted by Crippen LogP contribution is 2.50. The first-order valence-corrected chi connectivity index (χ1v) is 20.5. The first kappa shape index (κ1) is 32.2. The summed E-state index contributed by atoms with van der Waals surface area (Å²) in [5.41, 5.74) is 10.2. The molecule has 0 aliphatic heterocycles. The van der Waals surface area contributed by atoms with Crippen LogP contribution in [0.25, 0.3) is 119 Å². The van der Waals surface area contributed by atoms with Gasteiger partial charge < -0.3 is 0 Å². The van der Waals surface area contributed by atoms with Crippen LogP contribution >= 0.6 is 11.3 Å². The molecule has 57 heavy (non-hydrogen) atoms. The topological polar surface area (TPSA) is 0 Å². The maximum absolute atomic E-state index is 2.45. The first-order chi connectivity index (χ1) is 28.3. The normalized spacial score (nSPS) is 11.9. The lowest BCUT2D eigenvalue weighted by Gasteiger charge is -2.18. The van der Waals surface area contributed by atoms with Gasteiger partial charge in [0, 0.05) is 20.2 Å². The molecule has 1 heteroatoms. The summed E-state index contributed by atoms with van der Waals surface area (Å²) in [4.78, 5) is 0. The second-order valence-corrected chi connectivity index (χ2v) is 16.2. The Labute approximate surface area is 334 Å². The molecule has 0 atom stereocenters. The van der Waals surface area contributed by atoms with E-state index < -0.39 is 0 Å². The maximum Gasteiger partial charge on any atom is 0.0361 e. The smallest absolute Gasteiger partial charge is 0.0361 e. The van der Waals surface area contributed by atoms with E-state index in [9.17, 15) is 0 Å². The number of benzene rings is 11. The van der Waals surface area contributed by atoms with E-state index in [4.69, 9.17) is 0 Å². The monoisotopic (exact) mass is 738 g/mol. The molecule has 0 bridgehead atoms. The molecule has 0 aliphatic carbocycles. The van der Waals surface area contributed by atoms with E-state index in [1.807, 2.05) is 11.3 Å². The van der Waals surface area contributed by atoms with Crippen LogP contribution in [0.1, 0.15) is 0 Å². The van der Waals surface area contributed by atoms with Crippen LogP contribution in [-0.2, 0) is 0 Å². The largest absolute Gasteiger partial charge is 0.135 e. The Morgan fingerprint density at radius 3 is 1.28 bits per heavy atom. The van der Waals surface area contributed by atoms with E-state index >= 15 is 0 Å². The second kappa shape index (κ2) is 12.7. The summed E-state index contributed by atoms with van der Waals surface area (Å²) in [6.45, 7) is 0. The lowest BCUT2D eigenvalue weighted by molar-refractivity contribution is 1.67. The minimum atomic E-state index is 1.24. The zero-order valence-corrected chi connectivity index (χ0v) is 31.9. The summed E-state index contributed by atoms with van der Waals surface area (Å²) >= 11 is 1.90. The molecule has 264 valence electrons. The van der Waals surface area contributed by atoms with Crippen molar-refractivity contribution in [3.05, 3.63) is 206 Å². The Bertz CT molecular complexity index is 3460. The summed E-state index contributed by atoms with van der Waals surface area (Å²) in [6, 6.07) is 76.4. The molecule has 0 radical (unpaired) electrons. The summed E-state index contributed by atoms with van der Waals surface area (Å²) < 4.78 is 2.61. The van der Waals surface area contributed by atoms with Gasteiger partial charge in [-0.2, -0.15) is 0 Å². The molecule has 0 nitrogen and oxygen atoms in total. The molecule has 1 heterocycles. The predicted molar refractivity (Wildman–Crippen MR) is 249 cm³/mol. The van der Waals surface area contributed by atoms with Gasteiger partial charge >= 0.3 is 0 Å². The van der Waals surface area contributed by atoms with E-state index in [1.54, 1.807) is 0 Å². The number of thiophene rings is 1. The fourth-order valence-electron chi connectivity index (χ4n) is 9.62. The molecule has 0 fully saturated rings. The average Bonchev–Trinajstić information content (AvgIpc) is 3.66. The fraction of sp³-hybridized carbons (Fsp3) is 0. The minimum absolute atomic E-state index is 1.24. The van der Waals surface area contributed by atoms with Crippen LogP contribution in [0.5, 0.6) is 0 Å². The van der Waals surface area contributed by atoms with Crippen molar-refractivity contribution in [3.63, 3.8) is 0 Å². The molecule has 0 unspecified atom stereocenters. The van der Waals surface area contributed by atoms with Gasteiger partial charge in [-0.1, -0.05) is 188 Å². The van der Waals surface area contributed by atoms with Gasteiger partial charge in [-0.15, -0.1) is 11.3 Å². The van der Waals surface area contributed by atoms with Crippen molar-refractivity contribution in [1.29, 1.82) is 0 Å². The predicted octanol–water partition coefficient (Wildman–Crippen LogP) is 16.5. The molecule has 0 saturated carbocycles. The Morgan fingerprint density at radius 1 is 0.246 bits per heavy atom. The van der Waals surface area contributed by atoms with Crippen molar-refractivity contribution in [2.75, 3.05) is 0 Å². The molecule has 12 rings (SSSR count). The molecule has 0 N–H and O–H groups in total. The zero-order chi connectivity index (χ0) is 37.5. The van der Waals surface area contributed by atoms with Crippen molar-refractivity contribution in [1.82, 2.24) is 0 Å². The number of hydrogen-bond acceptors (Lipinski definition) is 1. The third-order valence-corrected chi connectivity index (χ3v) is 13.1. The lowest BCUT2D eigenvalue weighted by atomic mass is 9.84. The van der Waals surface area contributed by atoms with Gasteiger partial charge in [-0.25, -0.2) is 0 Å². The highest BCUT2D eigenvalue weighted by molar-refractivity contribution is 7.26. The summed E-state index contributed by atoms with van der Waals surface area (Å²) in [7, 11) is 0. The number of rotatable bonds is 4. The SMILES string of the molecule is c1ccc(-c2c3ccccc3c(-c3cccc4sc5cc(-c6c7ccccc7c(-c7ccc8ccccc8c7)c7ccccc67)ccc5c34)c3ccccc23)cc1. The molecule has 0 aliphatic rings. The molecule has 12 aromatic rings. The van der Waals surface area contributed by atoms with Crippen LogP contribution in [0, 0.1) is 0 Å². The molecular weight excluding hydrogens is 705 g/mol. The van der Waals surface area contributed by atoms with Gasteiger partial charge in [0.05, 0.1) is 0 Å². The molecule has 1 aromatic heterocycles. The van der Waals surface area contributed by atoms with E-state index in [2.05, 4.69) is 206 Å². The van der Waals surface area contributed by atoms with Crippen LogP contribution in [-0.4, -0.2) is 0 Å². The minimum Gasteiger partial charge on any atom is -0.135 e. The van der Waals surface area contributed by atoms with Crippen LogP contribution in [0.4, 0.5) is 0 Å². The quantitative estimate of drug-likeness (QED) is 0.158.